The lowest BCUT2D eigenvalue weighted by Crippen LogP contribution is -2.13. The highest BCUT2D eigenvalue weighted by molar-refractivity contribution is 6.06. The first kappa shape index (κ1) is 15.8. The summed E-state index contributed by atoms with van der Waals surface area (Å²) in [6.45, 7) is 3.99. The molecule has 24 heavy (non-hydrogen) atoms. The predicted molar refractivity (Wildman–Crippen MR) is 100 cm³/mol. The molecule has 3 nitrogen and oxygen atoms in total. The van der Waals surface area contributed by atoms with Crippen molar-refractivity contribution in [3.05, 3.63) is 89.5 Å². The Morgan fingerprint density at radius 2 is 1.33 bits per heavy atom. The van der Waals surface area contributed by atoms with Crippen molar-refractivity contribution in [3.8, 4) is 0 Å². The van der Waals surface area contributed by atoms with Crippen molar-refractivity contribution < 1.29 is 4.79 Å². The number of carbonyl (C=O) groups is 1. The zero-order chi connectivity index (χ0) is 16.9. The van der Waals surface area contributed by atoms with Crippen LogP contribution in [0.2, 0.25) is 0 Å². The maximum Gasteiger partial charge on any atom is 0.255 e. The van der Waals surface area contributed by atoms with Crippen LogP contribution in [0.4, 0.5) is 17.1 Å². The molecule has 0 bridgehead atoms. The number of benzene rings is 3. The molecule has 0 atom stereocenters. The van der Waals surface area contributed by atoms with Crippen molar-refractivity contribution in [1.29, 1.82) is 0 Å². The third-order valence-corrected chi connectivity index (χ3v) is 3.71. The standard InChI is InChI=1S/C21H20N2O/c1-15-12-16(2)14-17(13-15)21(24)23-20-11-7-6-10-19(20)22-18-8-4-3-5-9-18/h3-14,22H,1-2H3,(H,23,24). The summed E-state index contributed by atoms with van der Waals surface area (Å²) >= 11 is 0. The van der Waals surface area contributed by atoms with Gasteiger partial charge >= 0.3 is 0 Å². The van der Waals surface area contributed by atoms with Crippen molar-refractivity contribution in [2.75, 3.05) is 10.6 Å². The summed E-state index contributed by atoms with van der Waals surface area (Å²) in [6, 6.07) is 23.4. The number of carbonyl (C=O) groups excluding carboxylic acids is 1. The van der Waals surface area contributed by atoms with Crippen molar-refractivity contribution >= 4 is 23.0 Å². The summed E-state index contributed by atoms with van der Waals surface area (Å²) in [4.78, 5) is 12.6. The van der Waals surface area contributed by atoms with E-state index in [4.69, 9.17) is 0 Å². The molecule has 3 aromatic rings. The van der Waals surface area contributed by atoms with Gasteiger partial charge in [-0.05, 0) is 50.2 Å². The largest absolute Gasteiger partial charge is 0.354 e. The lowest BCUT2D eigenvalue weighted by atomic mass is 10.1. The molecule has 0 radical (unpaired) electrons. The van der Waals surface area contributed by atoms with Gasteiger partial charge in [-0.1, -0.05) is 47.5 Å². The smallest absolute Gasteiger partial charge is 0.255 e. The first-order chi connectivity index (χ1) is 11.6. The SMILES string of the molecule is Cc1cc(C)cc(C(=O)Nc2ccccc2Nc2ccccc2)c1. The second kappa shape index (κ2) is 7.01. The minimum atomic E-state index is -0.107. The van der Waals surface area contributed by atoms with E-state index in [1.165, 1.54) is 0 Å². The minimum Gasteiger partial charge on any atom is -0.354 e. The Kier molecular flexibility index (Phi) is 4.62. The van der Waals surface area contributed by atoms with Gasteiger partial charge in [0.2, 0.25) is 0 Å². The number of hydrogen-bond donors (Lipinski definition) is 2. The van der Waals surface area contributed by atoms with Gasteiger partial charge < -0.3 is 10.6 Å². The Hall–Kier alpha value is -3.07. The van der Waals surface area contributed by atoms with Crippen LogP contribution in [0.1, 0.15) is 21.5 Å². The molecule has 3 heteroatoms. The second-order valence-electron chi connectivity index (χ2n) is 5.87. The monoisotopic (exact) mass is 316 g/mol. The van der Waals surface area contributed by atoms with Crippen LogP contribution >= 0.6 is 0 Å². The van der Waals surface area contributed by atoms with Crippen molar-refractivity contribution in [3.63, 3.8) is 0 Å². The molecule has 3 rings (SSSR count). The topological polar surface area (TPSA) is 41.1 Å². The number of anilines is 3. The molecule has 0 heterocycles. The summed E-state index contributed by atoms with van der Waals surface area (Å²) in [5.41, 5.74) is 5.42. The molecule has 0 aromatic heterocycles. The number of hydrogen-bond acceptors (Lipinski definition) is 2. The summed E-state index contributed by atoms with van der Waals surface area (Å²) in [7, 11) is 0. The molecular formula is C21H20N2O. The molecular weight excluding hydrogens is 296 g/mol. The quantitative estimate of drug-likeness (QED) is 0.686. The van der Waals surface area contributed by atoms with E-state index in [0.717, 1.165) is 28.2 Å². The Morgan fingerprint density at radius 3 is 2.00 bits per heavy atom. The molecule has 0 fully saturated rings. The zero-order valence-electron chi connectivity index (χ0n) is 13.8. The molecule has 0 saturated heterocycles. The average Bonchev–Trinajstić information content (AvgIpc) is 2.56. The fraction of sp³-hybridized carbons (Fsp3) is 0.0952. The van der Waals surface area contributed by atoms with E-state index >= 15 is 0 Å². The summed E-state index contributed by atoms with van der Waals surface area (Å²) in [5, 5.41) is 6.34. The second-order valence-corrected chi connectivity index (χ2v) is 5.87. The van der Waals surface area contributed by atoms with Crippen molar-refractivity contribution in [1.82, 2.24) is 0 Å². The van der Waals surface area contributed by atoms with Crippen LogP contribution in [-0.2, 0) is 0 Å². The van der Waals surface area contributed by atoms with Gasteiger partial charge in [-0.2, -0.15) is 0 Å². The highest BCUT2D eigenvalue weighted by Crippen LogP contribution is 2.25. The predicted octanol–water partition coefficient (Wildman–Crippen LogP) is 5.30. The van der Waals surface area contributed by atoms with Crippen molar-refractivity contribution in [2.24, 2.45) is 0 Å². The molecule has 0 aliphatic carbocycles. The number of aryl methyl sites for hydroxylation is 2. The number of amides is 1. The van der Waals surface area contributed by atoms with Crippen LogP contribution < -0.4 is 10.6 Å². The first-order valence-electron chi connectivity index (χ1n) is 7.92. The normalized spacial score (nSPS) is 10.2. The average molecular weight is 316 g/mol. The van der Waals surface area contributed by atoms with Crippen molar-refractivity contribution in [2.45, 2.75) is 13.8 Å². The molecule has 0 spiro atoms. The fourth-order valence-electron chi connectivity index (χ4n) is 2.68. The maximum atomic E-state index is 12.6. The van der Waals surface area contributed by atoms with Gasteiger partial charge in [0.05, 0.1) is 11.4 Å². The molecule has 0 saturated carbocycles. The van der Waals surface area contributed by atoms with Gasteiger partial charge in [0.25, 0.3) is 5.91 Å². The van der Waals surface area contributed by atoms with E-state index in [9.17, 15) is 4.79 Å². The van der Waals surface area contributed by atoms with Gasteiger partial charge in [-0.15, -0.1) is 0 Å². The molecule has 3 aromatic carbocycles. The van der Waals surface area contributed by atoms with Crippen LogP contribution in [0, 0.1) is 13.8 Å². The molecule has 0 aliphatic rings. The van der Waals surface area contributed by atoms with Gasteiger partial charge in [-0.3, -0.25) is 4.79 Å². The molecule has 120 valence electrons. The third kappa shape index (κ3) is 3.82. The first-order valence-corrected chi connectivity index (χ1v) is 7.92. The summed E-state index contributed by atoms with van der Waals surface area (Å²) in [5.74, 6) is -0.107. The number of para-hydroxylation sites is 3. The Balaban J connectivity index is 1.83. The Morgan fingerprint density at radius 1 is 0.750 bits per heavy atom. The maximum absolute atomic E-state index is 12.6. The highest BCUT2D eigenvalue weighted by atomic mass is 16.1. The van der Waals surface area contributed by atoms with Gasteiger partial charge in [0, 0.05) is 11.3 Å². The molecule has 1 amide bonds. The van der Waals surface area contributed by atoms with Gasteiger partial charge in [-0.25, -0.2) is 0 Å². The van der Waals surface area contributed by atoms with E-state index in [0.29, 0.717) is 5.56 Å². The van der Waals surface area contributed by atoms with E-state index in [2.05, 4.69) is 16.7 Å². The Bertz CT molecular complexity index is 836. The van der Waals surface area contributed by atoms with E-state index in [1.54, 1.807) is 0 Å². The van der Waals surface area contributed by atoms with Crippen LogP contribution in [-0.4, -0.2) is 5.91 Å². The molecule has 0 unspecified atom stereocenters. The zero-order valence-corrected chi connectivity index (χ0v) is 13.8. The summed E-state index contributed by atoms with van der Waals surface area (Å²) < 4.78 is 0. The lowest BCUT2D eigenvalue weighted by Gasteiger charge is -2.13. The van der Waals surface area contributed by atoms with Crippen LogP contribution in [0.5, 0.6) is 0 Å². The van der Waals surface area contributed by atoms with E-state index in [-0.39, 0.29) is 5.91 Å². The minimum absolute atomic E-state index is 0.107. The third-order valence-electron chi connectivity index (χ3n) is 3.71. The van der Waals surface area contributed by atoms with E-state index in [1.807, 2.05) is 80.6 Å². The van der Waals surface area contributed by atoms with Crippen LogP contribution in [0.3, 0.4) is 0 Å². The van der Waals surface area contributed by atoms with Gasteiger partial charge in [0.15, 0.2) is 0 Å². The van der Waals surface area contributed by atoms with Crippen LogP contribution in [0.15, 0.2) is 72.8 Å². The van der Waals surface area contributed by atoms with Crippen LogP contribution in [0.25, 0.3) is 0 Å². The highest BCUT2D eigenvalue weighted by Gasteiger charge is 2.10. The number of rotatable bonds is 4. The molecule has 0 aliphatic heterocycles. The van der Waals surface area contributed by atoms with E-state index < -0.39 is 0 Å². The molecule has 2 N–H and O–H groups in total. The Labute approximate surface area is 142 Å². The van der Waals surface area contributed by atoms with Gasteiger partial charge in [0.1, 0.15) is 0 Å². The summed E-state index contributed by atoms with van der Waals surface area (Å²) in [6.07, 6.45) is 0. The lowest BCUT2D eigenvalue weighted by molar-refractivity contribution is 0.102. The number of nitrogens with one attached hydrogen (secondary N) is 2. The fourth-order valence-corrected chi connectivity index (χ4v) is 2.68.